The van der Waals surface area contributed by atoms with Crippen molar-refractivity contribution >= 4 is 27.3 Å². The van der Waals surface area contributed by atoms with Crippen molar-refractivity contribution in [3.8, 4) is 0 Å². The Labute approximate surface area is 117 Å². The summed E-state index contributed by atoms with van der Waals surface area (Å²) in [6.45, 7) is 4.82. The Bertz CT molecular complexity index is 334. The monoisotopic (exact) mass is 316 g/mol. The van der Waals surface area contributed by atoms with Crippen LogP contribution in [-0.2, 0) is 6.42 Å². The van der Waals surface area contributed by atoms with Gasteiger partial charge in [-0.15, -0.1) is 11.3 Å². The molecule has 4 heteroatoms. The number of likely N-dealkylation sites (N-methyl/N-ethyl adjacent to an activating group) is 1. The van der Waals surface area contributed by atoms with Gasteiger partial charge in [-0.2, -0.15) is 0 Å². The smallest absolute Gasteiger partial charge is 0.0701 e. The van der Waals surface area contributed by atoms with Gasteiger partial charge in [0.15, 0.2) is 0 Å². The molecule has 1 atom stereocenters. The minimum Gasteiger partial charge on any atom is -0.316 e. The lowest BCUT2D eigenvalue weighted by atomic mass is 9.99. The van der Waals surface area contributed by atoms with Crippen molar-refractivity contribution in [2.24, 2.45) is 5.92 Å². The molecular weight excluding hydrogens is 296 g/mol. The minimum absolute atomic E-state index is 0.851. The van der Waals surface area contributed by atoms with E-state index >= 15 is 0 Å². The number of hydrogen-bond acceptors (Lipinski definition) is 3. The molecule has 2 nitrogen and oxygen atoms in total. The molecule has 0 radical (unpaired) electrons. The maximum absolute atomic E-state index is 3.52. The second-order valence-electron chi connectivity index (χ2n) is 4.93. The largest absolute Gasteiger partial charge is 0.316 e. The molecule has 0 aliphatic carbocycles. The Kier molecular flexibility index (Phi) is 5.48. The van der Waals surface area contributed by atoms with Crippen LogP contribution in [-0.4, -0.2) is 38.1 Å². The molecular formula is C13H21BrN2S. The molecule has 1 aromatic heterocycles. The molecule has 1 unspecified atom stereocenters. The number of piperidine rings is 1. The highest BCUT2D eigenvalue weighted by Crippen LogP contribution is 2.22. The Hall–Kier alpha value is 0.1000. The van der Waals surface area contributed by atoms with Crippen molar-refractivity contribution < 1.29 is 0 Å². The topological polar surface area (TPSA) is 15.3 Å². The van der Waals surface area contributed by atoms with Crippen molar-refractivity contribution in [3.05, 3.63) is 20.8 Å². The normalized spacial score (nSPS) is 21.0. The van der Waals surface area contributed by atoms with Gasteiger partial charge in [0.25, 0.3) is 0 Å². The lowest BCUT2D eigenvalue weighted by Crippen LogP contribution is -2.37. The molecule has 0 bridgehead atoms. The summed E-state index contributed by atoms with van der Waals surface area (Å²) in [5, 5.41) is 3.49. The molecule has 1 fully saturated rings. The summed E-state index contributed by atoms with van der Waals surface area (Å²) >= 11 is 5.37. The van der Waals surface area contributed by atoms with E-state index in [-0.39, 0.29) is 0 Å². The van der Waals surface area contributed by atoms with Gasteiger partial charge in [0.1, 0.15) is 0 Å². The molecule has 96 valence electrons. The summed E-state index contributed by atoms with van der Waals surface area (Å²) in [6, 6.07) is 4.37. The average molecular weight is 317 g/mol. The van der Waals surface area contributed by atoms with E-state index in [0.717, 1.165) is 5.92 Å². The zero-order valence-electron chi connectivity index (χ0n) is 10.4. The maximum atomic E-state index is 3.52. The summed E-state index contributed by atoms with van der Waals surface area (Å²) < 4.78 is 1.24. The van der Waals surface area contributed by atoms with Crippen LogP contribution in [0.4, 0.5) is 0 Å². The highest BCUT2D eigenvalue weighted by atomic mass is 79.9. The summed E-state index contributed by atoms with van der Waals surface area (Å²) in [5.74, 6) is 0.851. The SMILES string of the molecule is CN(CCc1ccc(Br)s1)CC1CCCNC1. The van der Waals surface area contributed by atoms with Crippen LogP contribution in [0, 0.1) is 5.92 Å². The average Bonchev–Trinajstić information content (AvgIpc) is 2.74. The highest BCUT2D eigenvalue weighted by molar-refractivity contribution is 9.11. The predicted octanol–water partition coefficient (Wildman–Crippen LogP) is 2.98. The van der Waals surface area contributed by atoms with Gasteiger partial charge in [-0.25, -0.2) is 0 Å². The minimum atomic E-state index is 0.851. The van der Waals surface area contributed by atoms with E-state index in [1.54, 1.807) is 0 Å². The van der Waals surface area contributed by atoms with E-state index in [1.165, 1.54) is 54.1 Å². The van der Waals surface area contributed by atoms with Gasteiger partial charge in [-0.3, -0.25) is 0 Å². The third-order valence-electron chi connectivity index (χ3n) is 3.34. The fourth-order valence-corrected chi connectivity index (χ4v) is 3.87. The summed E-state index contributed by atoms with van der Waals surface area (Å²) in [5.41, 5.74) is 0. The lowest BCUT2D eigenvalue weighted by molar-refractivity contribution is 0.245. The van der Waals surface area contributed by atoms with Gasteiger partial charge in [-0.05, 0) is 73.4 Å². The van der Waals surface area contributed by atoms with Crippen molar-refractivity contribution in [3.63, 3.8) is 0 Å². The molecule has 1 N–H and O–H groups in total. The molecule has 17 heavy (non-hydrogen) atoms. The molecule has 0 aromatic carbocycles. The molecule has 1 aromatic rings. The number of nitrogens with one attached hydrogen (secondary N) is 1. The van der Waals surface area contributed by atoms with Crippen LogP contribution >= 0.6 is 27.3 Å². The van der Waals surface area contributed by atoms with Crippen LogP contribution in [0.2, 0.25) is 0 Å². The highest BCUT2D eigenvalue weighted by Gasteiger charge is 2.14. The standard InChI is InChI=1S/C13H21BrN2S/c1-16(10-11-3-2-7-15-9-11)8-6-12-4-5-13(14)17-12/h4-5,11,15H,2-3,6-10H2,1H3. The fourth-order valence-electron chi connectivity index (χ4n) is 2.40. The number of rotatable bonds is 5. The quantitative estimate of drug-likeness (QED) is 0.898. The molecule has 1 saturated heterocycles. The maximum Gasteiger partial charge on any atom is 0.0701 e. The summed E-state index contributed by atoms with van der Waals surface area (Å²) in [4.78, 5) is 3.95. The first-order valence-corrected chi connectivity index (χ1v) is 7.98. The molecule has 2 rings (SSSR count). The second-order valence-corrected chi connectivity index (χ2v) is 7.48. The van der Waals surface area contributed by atoms with E-state index in [0.29, 0.717) is 0 Å². The van der Waals surface area contributed by atoms with Crippen molar-refractivity contribution in [1.29, 1.82) is 0 Å². The second kappa shape index (κ2) is 6.88. The number of hydrogen-bond donors (Lipinski definition) is 1. The molecule has 2 heterocycles. The van der Waals surface area contributed by atoms with Gasteiger partial charge in [0.2, 0.25) is 0 Å². The first kappa shape index (κ1) is 13.5. The van der Waals surface area contributed by atoms with E-state index in [2.05, 4.69) is 45.3 Å². The summed E-state index contributed by atoms with van der Waals surface area (Å²) in [7, 11) is 2.25. The predicted molar refractivity (Wildman–Crippen MR) is 78.8 cm³/mol. The van der Waals surface area contributed by atoms with Gasteiger partial charge in [0.05, 0.1) is 3.79 Å². The number of nitrogens with zero attached hydrogens (tertiary/aromatic N) is 1. The lowest BCUT2D eigenvalue weighted by Gasteiger charge is -2.27. The zero-order valence-corrected chi connectivity index (χ0v) is 12.8. The number of halogens is 1. The first-order chi connectivity index (χ1) is 8.24. The van der Waals surface area contributed by atoms with Crippen molar-refractivity contribution in [1.82, 2.24) is 10.2 Å². The summed E-state index contributed by atoms with van der Waals surface area (Å²) in [6.07, 6.45) is 3.91. The first-order valence-electron chi connectivity index (χ1n) is 6.37. The van der Waals surface area contributed by atoms with Crippen molar-refractivity contribution in [2.75, 3.05) is 33.2 Å². The van der Waals surface area contributed by atoms with E-state index < -0.39 is 0 Å². The van der Waals surface area contributed by atoms with E-state index in [9.17, 15) is 0 Å². The van der Waals surface area contributed by atoms with Crippen LogP contribution in [0.3, 0.4) is 0 Å². The van der Waals surface area contributed by atoms with Crippen LogP contribution in [0.25, 0.3) is 0 Å². The Morgan fingerprint density at radius 3 is 3.06 bits per heavy atom. The van der Waals surface area contributed by atoms with Gasteiger partial charge < -0.3 is 10.2 Å². The molecule has 0 saturated carbocycles. The van der Waals surface area contributed by atoms with Gasteiger partial charge in [-0.1, -0.05) is 0 Å². The Morgan fingerprint density at radius 2 is 2.41 bits per heavy atom. The fraction of sp³-hybridized carbons (Fsp3) is 0.692. The third-order valence-corrected chi connectivity index (χ3v) is 5.02. The Balaban J connectivity index is 1.68. The van der Waals surface area contributed by atoms with Gasteiger partial charge >= 0.3 is 0 Å². The third kappa shape index (κ3) is 4.70. The zero-order chi connectivity index (χ0) is 12.1. The van der Waals surface area contributed by atoms with E-state index in [4.69, 9.17) is 0 Å². The van der Waals surface area contributed by atoms with Crippen LogP contribution in [0.1, 0.15) is 17.7 Å². The van der Waals surface area contributed by atoms with Crippen LogP contribution in [0.5, 0.6) is 0 Å². The molecule has 1 aliphatic heterocycles. The molecule has 0 amide bonds. The number of thiophene rings is 1. The van der Waals surface area contributed by atoms with Gasteiger partial charge in [0, 0.05) is 18.0 Å². The molecule has 0 spiro atoms. The van der Waals surface area contributed by atoms with Crippen LogP contribution < -0.4 is 5.32 Å². The van der Waals surface area contributed by atoms with Crippen molar-refractivity contribution in [2.45, 2.75) is 19.3 Å². The molecule has 1 aliphatic rings. The van der Waals surface area contributed by atoms with Crippen LogP contribution in [0.15, 0.2) is 15.9 Å². The van der Waals surface area contributed by atoms with E-state index in [1.807, 2.05) is 11.3 Å². The Morgan fingerprint density at radius 1 is 1.53 bits per heavy atom.